The zero-order valence-electron chi connectivity index (χ0n) is 17.7. The van der Waals surface area contributed by atoms with Gasteiger partial charge in [-0.05, 0) is 44.6 Å². The maximum atomic E-state index is 12.6. The SMILES string of the molecule is COC(=O)c1c(NC(=O)CN2CCN([C@@H](C)C(=O)NC3CC3)CC2)sc2c1CCC2. The van der Waals surface area contributed by atoms with Gasteiger partial charge in [0.05, 0.1) is 25.3 Å². The Hall–Kier alpha value is -1.97. The fourth-order valence-corrected chi connectivity index (χ4v) is 5.50. The van der Waals surface area contributed by atoms with Crippen molar-refractivity contribution in [2.24, 2.45) is 0 Å². The lowest BCUT2D eigenvalue weighted by Gasteiger charge is -2.37. The van der Waals surface area contributed by atoms with Gasteiger partial charge in [0, 0.05) is 37.1 Å². The van der Waals surface area contributed by atoms with Crippen LogP contribution in [0.2, 0.25) is 0 Å². The van der Waals surface area contributed by atoms with Crippen molar-refractivity contribution in [2.75, 3.05) is 45.2 Å². The molecule has 1 aromatic rings. The summed E-state index contributed by atoms with van der Waals surface area (Å²) in [5.41, 5.74) is 1.57. The van der Waals surface area contributed by atoms with E-state index >= 15 is 0 Å². The monoisotopic (exact) mass is 434 g/mol. The fraction of sp³-hybridized carbons (Fsp3) is 0.667. The second kappa shape index (κ2) is 9.03. The van der Waals surface area contributed by atoms with Gasteiger partial charge in [0.25, 0.3) is 0 Å². The summed E-state index contributed by atoms with van der Waals surface area (Å²) in [5.74, 6) is -0.394. The predicted molar refractivity (Wildman–Crippen MR) is 115 cm³/mol. The van der Waals surface area contributed by atoms with E-state index in [2.05, 4.69) is 20.4 Å². The molecule has 8 nitrogen and oxygen atoms in total. The third-order valence-electron chi connectivity index (χ3n) is 6.19. The fourth-order valence-electron chi connectivity index (χ4n) is 4.20. The summed E-state index contributed by atoms with van der Waals surface area (Å²) in [4.78, 5) is 42.6. The lowest BCUT2D eigenvalue weighted by Crippen LogP contribution is -2.55. The lowest BCUT2D eigenvalue weighted by atomic mass is 10.1. The van der Waals surface area contributed by atoms with E-state index in [4.69, 9.17) is 4.74 Å². The highest BCUT2D eigenvalue weighted by molar-refractivity contribution is 7.17. The number of amides is 2. The van der Waals surface area contributed by atoms with E-state index in [9.17, 15) is 14.4 Å². The second-order valence-corrected chi connectivity index (χ2v) is 9.48. The minimum atomic E-state index is -0.378. The van der Waals surface area contributed by atoms with Crippen molar-refractivity contribution in [1.29, 1.82) is 0 Å². The van der Waals surface area contributed by atoms with Crippen LogP contribution >= 0.6 is 11.3 Å². The molecule has 0 unspecified atom stereocenters. The van der Waals surface area contributed by atoms with Crippen LogP contribution in [0.25, 0.3) is 0 Å². The van der Waals surface area contributed by atoms with E-state index < -0.39 is 0 Å². The molecule has 1 saturated heterocycles. The minimum absolute atomic E-state index is 0.102. The third kappa shape index (κ3) is 4.68. The van der Waals surface area contributed by atoms with Gasteiger partial charge in [-0.1, -0.05) is 0 Å². The van der Waals surface area contributed by atoms with Gasteiger partial charge in [0.15, 0.2) is 0 Å². The van der Waals surface area contributed by atoms with E-state index in [1.807, 2.05) is 6.92 Å². The van der Waals surface area contributed by atoms with Crippen LogP contribution in [0.5, 0.6) is 0 Å². The molecule has 3 aliphatic rings. The smallest absolute Gasteiger partial charge is 0.341 e. The summed E-state index contributed by atoms with van der Waals surface area (Å²) in [6.45, 7) is 5.21. The molecule has 30 heavy (non-hydrogen) atoms. The zero-order valence-corrected chi connectivity index (χ0v) is 18.5. The molecule has 164 valence electrons. The number of carbonyl (C=O) groups is 3. The number of hydrogen-bond acceptors (Lipinski definition) is 7. The highest BCUT2D eigenvalue weighted by Crippen LogP contribution is 2.39. The first-order valence-electron chi connectivity index (χ1n) is 10.8. The number of fused-ring (bicyclic) bond motifs is 1. The van der Waals surface area contributed by atoms with Crippen LogP contribution in [0.4, 0.5) is 5.00 Å². The van der Waals surface area contributed by atoms with Crippen molar-refractivity contribution < 1.29 is 19.1 Å². The summed E-state index contributed by atoms with van der Waals surface area (Å²) in [6, 6.07) is 0.233. The molecule has 9 heteroatoms. The molecule has 1 atom stereocenters. The predicted octanol–water partition coefficient (Wildman–Crippen LogP) is 1.25. The summed E-state index contributed by atoms with van der Waals surface area (Å²) in [6.07, 6.45) is 5.04. The molecule has 0 spiro atoms. The van der Waals surface area contributed by atoms with Crippen molar-refractivity contribution in [1.82, 2.24) is 15.1 Å². The van der Waals surface area contributed by atoms with Gasteiger partial charge in [-0.15, -0.1) is 11.3 Å². The van der Waals surface area contributed by atoms with Crippen LogP contribution in [-0.4, -0.2) is 79.5 Å². The molecule has 2 aliphatic carbocycles. The van der Waals surface area contributed by atoms with Crippen molar-refractivity contribution >= 4 is 34.1 Å². The topological polar surface area (TPSA) is 91.0 Å². The molecular formula is C21H30N4O4S. The number of anilines is 1. The van der Waals surface area contributed by atoms with Gasteiger partial charge in [-0.3, -0.25) is 19.4 Å². The Morgan fingerprint density at radius 1 is 1.17 bits per heavy atom. The molecule has 0 aromatic carbocycles. The number of ether oxygens (including phenoxy) is 1. The molecule has 1 saturated carbocycles. The van der Waals surface area contributed by atoms with Gasteiger partial charge >= 0.3 is 5.97 Å². The Balaban J connectivity index is 1.28. The minimum Gasteiger partial charge on any atom is -0.465 e. The number of esters is 1. The van der Waals surface area contributed by atoms with Crippen molar-refractivity contribution in [3.8, 4) is 0 Å². The van der Waals surface area contributed by atoms with Gasteiger partial charge < -0.3 is 15.4 Å². The van der Waals surface area contributed by atoms with Crippen molar-refractivity contribution in [3.05, 3.63) is 16.0 Å². The first kappa shape index (κ1) is 21.3. The van der Waals surface area contributed by atoms with Crippen LogP contribution in [-0.2, 0) is 27.2 Å². The van der Waals surface area contributed by atoms with Gasteiger partial charge in [0.1, 0.15) is 5.00 Å². The average molecular weight is 435 g/mol. The van der Waals surface area contributed by atoms with E-state index in [0.717, 1.165) is 63.8 Å². The number of nitrogens with zero attached hydrogens (tertiary/aromatic N) is 2. The van der Waals surface area contributed by atoms with Crippen molar-refractivity contribution in [2.45, 2.75) is 51.1 Å². The standard InChI is InChI=1S/C21H30N4O4S/c1-13(19(27)22-14-6-7-14)25-10-8-24(9-11-25)12-17(26)23-20-18(21(28)29-2)15-4-3-5-16(15)30-20/h13-14H,3-12H2,1-2H3,(H,22,27)(H,23,26)/t13-/m0/s1. The van der Waals surface area contributed by atoms with Gasteiger partial charge in [-0.2, -0.15) is 0 Å². The van der Waals surface area contributed by atoms with Crippen LogP contribution in [0.1, 0.15) is 47.0 Å². The Kier molecular flexibility index (Phi) is 6.40. The Bertz CT molecular complexity index is 827. The number of methoxy groups -OCH3 is 1. The molecule has 0 radical (unpaired) electrons. The second-order valence-electron chi connectivity index (χ2n) is 8.37. The van der Waals surface area contributed by atoms with E-state index in [1.165, 1.54) is 23.3 Å². The summed E-state index contributed by atoms with van der Waals surface area (Å²) in [5, 5.41) is 6.62. The Morgan fingerprint density at radius 3 is 2.57 bits per heavy atom. The number of piperazine rings is 1. The number of carbonyl (C=O) groups excluding carboxylic acids is 3. The molecule has 1 aromatic heterocycles. The summed E-state index contributed by atoms with van der Waals surface area (Å²) in [7, 11) is 1.37. The number of nitrogens with one attached hydrogen (secondary N) is 2. The van der Waals surface area contributed by atoms with Crippen LogP contribution < -0.4 is 10.6 Å². The maximum Gasteiger partial charge on any atom is 0.341 e. The summed E-state index contributed by atoms with van der Waals surface area (Å²) < 4.78 is 4.94. The van der Waals surface area contributed by atoms with E-state index in [1.54, 1.807) is 0 Å². The third-order valence-corrected chi connectivity index (χ3v) is 7.40. The highest BCUT2D eigenvalue weighted by atomic mass is 32.1. The van der Waals surface area contributed by atoms with Crippen molar-refractivity contribution in [3.63, 3.8) is 0 Å². The summed E-state index contributed by atoms with van der Waals surface area (Å²) >= 11 is 1.50. The van der Waals surface area contributed by atoms with Crippen LogP contribution in [0.15, 0.2) is 0 Å². The molecule has 2 amide bonds. The van der Waals surface area contributed by atoms with Gasteiger partial charge in [0.2, 0.25) is 11.8 Å². The quantitative estimate of drug-likeness (QED) is 0.628. The molecule has 2 fully saturated rings. The Morgan fingerprint density at radius 2 is 1.90 bits per heavy atom. The Labute approximate surface area is 180 Å². The number of aryl methyl sites for hydroxylation is 1. The van der Waals surface area contributed by atoms with E-state index in [0.29, 0.717) is 16.6 Å². The number of hydrogen-bond donors (Lipinski definition) is 2. The molecule has 0 bridgehead atoms. The number of rotatable bonds is 7. The van der Waals surface area contributed by atoms with Crippen LogP contribution in [0, 0.1) is 0 Å². The number of thiophene rings is 1. The van der Waals surface area contributed by atoms with Crippen LogP contribution in [0.3, 0.4) is 0 Å². The maximum absolute atomic E-state index is 12.6. The first-order chi connectivity index (χ1) is 14.5. The molecule has 4 rings (SSSR count). The molecule has 2 N–H and O–H groups in total. The molecule has 1 aliphatic heterocycles. The lowest BCUT2D eigenvalue weighted by molar-refractivity contribution is -0.127. The molecular weight excluding hydrogens is 404 g/mol. The normalized spacial score (nSPS) is 20.5. The first-order valence-corrected chi connectivity index (χ1v) is 11.6. The largest absolute Gasteiger partial charge is 0.465 e. The average Bonchev–Trinajstić information content (AvgIpc) is 3.32. The van der Waals surface area contributed by atoms with Gasteiger partial charge in [-0.25, -0.2) is 4.79 Å². The van der Waals surface area contributed by atoms with E-state index in [-0.39, 0.29) is 30.4 Å². The zero-order chi connectivity index (χ0) is 21.3. The highest BCUT2D eigenvalue weighted by Gasteiger charge is 2.31. The molecule has 2 heterocycles.